The summed E-state index contributed by atoms with van der Waals surface area (Å²) in [5.74, 6) is -0.674. The number of likely N-dealkylation sites (tertiary alicyclic amines) is 1. The van der Waals surface area contributed by atoms with E-state index in [1.54, 1.807) is 0 Å². The maximum atomic E-state index is 13.1. The molecule has 4 nitrogen and oxygen atoms in total. The molecular weight excluding hydrogens is 321 g/mol. The van der Waals surface area contributed by atoms with E-state index in [1.807, 2.05) is 0 Å². The molecule has 3 atom stereocenters. The fraction of sp³-hybridized carbons (Fsp3) is 0.647. The minimum atomic E-state index is -4.66. The van der Waals surface area contributed by atoms with Crippen LogP contribution < -0.4 is 0 Å². The van der Waals surface area contributed by atoms with Crippen molar-refractivity contribution in [2.24, 2.45) is 5.92 Å². The highest BCUT2D eigenvalue weighted by molar-refractivity contribution is 5.95. The van der Waals surface area contributed by atoms with Gasteiger partial charge in [-0.2, -0.15) is 13.2 Å². The zero-order chi connectivity index (χ0) is 17.3. The van der Waals surface area contributed by atoms with Gasteiger partial charge in [-0.25, -0.2) is 0 Å². The summed E-state index contributed by atoms with van der Waals surface area (Å²) in [6, 6.07) is 2.35. The van der Waals surface area contributed by atoms with Gasteiger partial charge in [0.2, 0.25) is 0 Å². The van der Waals surface area contributed by atoms with Crippen LogP contribution in [-0.4, -0.2) is 39.6 Å². The van der Waals surface area contributed by atoms with Crippen molar-refractivity contribution in [3.05, 3.63) is 29.6 Å². The van der Waals surface area contributed by atoms with E-state index in [2.05, 4.69) is 4.98 Å². The molecule has 2 aliphatic rings. The van der Waals surface area contributed by atoms with Gasteiger partial charge in [-0.1, -0.05) is 12.8 Å². The summed E-state index contributed by atoms with van der Waals surface area (Å²) >= 11 is 0. The van der Waals surface area contributed by atoms with Crippen LogP contribution in [0.1, 0.15) is 54.6 Å². The van der Waals surface area contributed by atoms with Gasteiger partial charge < -0.3 is 10.0 Å². The first-order valence-electron chi connectivity index (χ1n) is 8.41. The Morgan fingerprint density at radius 3 is 2.67 bits per heavy atom. The third-order valence-electron chi connectivity index (χ3n) is 5.14. The molecule has 2 fully saturated rings. The second-order valence-electron chi connectivity index (χ2n) is 6.62. The number of aliphatic hydroxyl groups is 1. The van der Waals surface area contributed by atoms with E-state index in [4.69, 9.17) is 0 Å². The molecule has 0 spiro atoms. The van der Waals surface area contributed by atoms with E-state index >= 15 is 0 Å². The fourth-order valence-electron chi connectivity index (χ4n) is 4.04. The Morgan fingerprint density at radius 2 is 1.96 bits per heavy atom. The number of pyridine rings is 1. The predicted octanol–water partition coefficient (Wildman–Crippen LogP) is 3.26. The molecule has 1 aromatic heterocycles. The molecule has 1 aliphatic heterocycles. The monoisotopic (exact) mass is 342 g/mol. The summed E-state index contributed by atoms with van der Waals surface area (Å²) in [5.41, 5.74) is -1.54. The van der Waals surface area contributed by atoms with Gasteiger partial charge in [0.1, 0.15) is 0 Å². The molecule has 1 saturated heterocycles. The van der Waals surface area contributed by atoms with Crippen LogP contribution in [-0.2, 0) is 6.18 Å². The van der Waals surface area contributed by atoms with Crippen molar-refractivity contribution in [3.8, 4) is 0 Å². The average Bonchev–Trinajstić information content (AvgIpc) is 3.03. The predicted molar refractivity (Wildman–Crippen MR) is 81.3 cm³/mol. The quantitative estimate of drug-likeness (QED) is 0.898. The minimum Gasteiger partial charge on any atom is -0.393 e. The zero-order valence-corrected chi connectivity index (χ0v) is 13.3. The molecule has 1 aromatic rings. The Hall–Kier alpha value is -1.63. The second-order valence-corrected chi connectivity index (χ2v) is 6.62. The van der Waals surface area contributed by atoms with E-state index in [0.717, 1.165) is 38.3 Å². The first kappa shape index (κ1) is 17.2. The van der Waals surface area contributed by atoms with Crippen molar-refractivity contribution < 1.29 is 23.1 Å². The molecule has 1 aliphatic carbocycles. The third kappa shape index (κ3) is 3.27. The number of hydrogen-bond donors (Lipinski definition) is 1. The number of nitrogens with zero attached hydrogens (tertiary/aromatic N) is 2. The number of aliphatic hydroxyl groups excluding tert-OH is 1. The standard InChI is InChI=1S/C17H21F3N2O2/c18-17(19,20)15-12(6-3-9-21-15)16(24)22-10-4-7-13(22)11-5-1-2-8-14(11)23/h3,6,9,11,13-14,23H,1-2,4-5,7-8,10H2. The molecule has 2 heterocycles. The topological polar surface area (TPSA) is 53.4 Å². The first-order chi connectivity index (χ1) is 11.4. The van der Waals surface area contributed by atoms with Crippen molar-refractivity contribution in [2.45, 2.75) is 56.8 Å². The second kappa shape index (κ2) is 6.70. The third-order valence-corrected chi connectivity index (χ3v) is 5.14. The highest BCUT2D eigenvalue weighted by Crippen LogP contribution is 2.37. The minimum absolute atomic E-state index is 0.0452. The molecule has 132 valence electrons. The van der Waals surface area contributed by atoms with Gasteiger partial charge in [-0.05, 0) is 37.8 Å². The lowest BCUT2D eigenvalue weighted by Crippen LogP contribution is -2.45. The molecule has 3 rings (SSSR count). The molecule has 1 amide bonds. The average molecular weight is 342 g/mol. The summed E-state index contributed by atoms with van der Waals surface area (Å²) in [6.45, 7) is 0.429. The molecule has 3 unspecified atom stereocenters. The van der Waals surface area contributed by atoms with Gasteiger partial charge in [0, 0.05) is 24.7 Å². The van der Waals surface area contributed by atoms with Crippen molar-refractivity contribution in [1.82, 2.24) is 9.88 Å². The Bertz CT molecular complexity index is 606. The normalized spacial score (nSPS) is 28.2. The van der Waals surface area contributed by atoms with Gasteiger partial charge in [-0.3, -0.25) is 9.78 Å². The van der Waals surface area contributed by atoms with Crippen LogP contribution in [0.2, 0.25) is 0 Å². The van der Waals surface area contributed by atoms with Crippen LogP contribution in [0.15, 0.2) is 18.3 Å². The Balaban J connectivity index is 1.87. The maximum absolute atomic E-state index is 13.1. The molecule has 0 bridgehead atoms. The summed E-state index contributed by atoms with van der Waals surface area (Å²) in [5, 5.41) is 10.3. The molecule has 7 heteroatoms. The zero-order valence-electron chi connectivity index (χ0n) is 13.3. The van der Waals surface area contributed by atoms with E-state index < -0.39 is 29.4 Å². The van der Waals surface area contributed by atoms with Gasteiger partial charge in [0.25, 0.3) is 5.91 Å². The number of amides is 1. The number of carbonyl (C=O) groups excluding carboxylic acids is 1. The number of halogens is 3. The fourth-order valence-corrected chi connectivity index (χ4v) is 4.04. The number of rotatable bonds is 2. The number of aromatic nitrogens is 1. The van der Waals surface area contributed by atoms with Crippen molar-refractivity contribution in [1.29, 1.82) is 0 Å². The molecule has 1 saturated carbocycles. The molecular formula is C17H21F3N2O2. The maximum Gasteiger partial charge on any atom is 0.434 e. The number of alkyl halides is 3. The Morgan fingerprint density at radius 1 is 1.21 bits per heavy atom. The van der Waals surface area contributed by atoms with Gasteiger partial charge in [0.15, 0.2) is 5.69 Å². The van der Waals surface area contributed by atoms with Crippen molar-refractivity contribution >= 4 is 5.91 Å². The molecule has 0 aromatic carbocycles. The smallest absolute Gasteiger partial charge is 0.393 e. The van der Waals surface area contributed by atoms with Crippen LogP contribution in [0, 0.1) is 5.92 Å². The Kier molecular flexibility index (Phi) is 4.80. The van der Waals surface area contributed by atoms with Crippen molar-refractivity contribution in [2.75, 3.05) is 6.54 Å². The van der Waals surface area contributed by atoms with E-state index in [1.165, 1.54) is 17.0 Å². The molecule has 24 heavy (non-hydrogen) atoms. The molecule has 1 N–H and O–H groups in total. The first-order valence-corrected chi connectivity index (χ1v) is 8.41. The van der Waals surface area contributed by atoms with Gasteiger partial charge in [0.05, 0.1) is 11.7 Å². The van der Waals surface area contributed by atoms with Gasteiger partial charge >= 0.3 is 6.18 Å². The van der Waals surface area contributed by atoms with E-state index in [-0.39, 0.29) is 12.0 Å². The lowest BCUT2D eigenvalue weighted by molar-refractivity contribution is -0.141. The van der Waals surface area contributed by atoms with Crippen LogP contribution in [0.3, 0.4) is 0 Å². The Labute approximate surface area is 138 Å². The SMILES string of the molecule is O=C(c1cccnc1C(F)(F)F)N1CCCC1C1CCCCC1O. The van der Waals surface area contributed by atoms with E-state index in [9.17, 15) is 23.1 Å². The number of hydrogen-bond acceptors (Lipinski definition) is 3. The van der Waals surface area contributed by atoms with Crippen LogP contribution in [0.4, 0.5) is 13.2 Å². The van der Waals surface area contributed by atoms with Crippen LogP contribution in [0.25, 0.3) is 0 Å². The van der Waals surface area contributed by atoms with Crippen LogP contribution >= 0.6 is 0 Å². The van der Waals surface area contributed by atoms with E-state index in [0.29, 0.717) is 13.0 Å². The van der Waals surface area contributed by atoms with Crippen LogP contribution in [0.5, 0.6) is 0 Å². The summed E-state index contributed by atoms with van der Waals surface area (Å²) < 4.78 is 39.4. The number of carbonyl (C=O) groups is 1. The summed E-state index contributed by atoms with van der Waals surface area (Å²) in [6.07, 6.45) is 0.848. The van der Waals surface area contributed by atoms with Crippen molar-refractivity contribution in [3.63, 3.8) is 0 Å². The summed E-state index contributed by atoms with van der Waals surface area (Å²) in [4.78, 5) is 17.7. The largest absolute Gasteiger partial charge is 0.434 e. The highest BCUT2D eigenvalue weighted by atomic mass is 19.4. The molecule has 0 radical (unpaired) electrons. The summed E-state index contributed by atoms with van der Waals surface area (Å²) in [7, 11) is 0. The lowest BCUT2D eigenvalue weighted by Gasteiger charge is -2.37. The lowest BCUT2D eigenvalue weighted by atomic mass is 9.80. The van der Waals surface area contributed by atoms with Gasteiger partial charge in [-0.15, -0.1) is 0 Å². The highest BCUT2D eigenvalue weighted by Gasteiger charge is 2.42.